The van der Waals surface area contributed by atoms with Crippen LogP contribution in [0.4, 0.5) is 11.8 Å². The third kappa shape index (κ3) is 4.21. The summed E-state index contributed by atoms with van der Waals surface area (Å²) in [5.41, 5.74) is 2.42. The highest BCUT2D eigenvalue weighted by atomic mass is 35.5. The number of rotatable bonds is 5. The summed E-state index contributed by atoms with van der Waals surface area (Å²) in [6.07, 6.45) is 8.15. The molecule has 0 radical (unpaired) electrons. The monoisotopic (exact) mass is 283 g/mol. The zero-order chi connectivity index (χ0) is 13.7. The normalized spacial score (nSPS) is 23.1. The van der Waals surface area contributed by atoms with Gasteiger partial charge in [-0.3, -0.25) is 5.43 Å². The van der Waals surface area contributed by atoms with Crippen molar-refractivity contribution in [1.29, 1.82) is 0 Å². The van der Waals surface area contributed by atoms with Crippen LogP contribution in [0, 0.1) is 11.8 Å². The molecule has 1 aliphatic rings. The highest BCUT2D eigenvalue weighted by Crippen LogP contribution is 2.30. The van der Waals surface area contributed by atoms with Crippen LogP contribution < -0.4 is 16.6 Å². The largest absolute Gasteiger partial charge is 0.369 e. The average molecular weight is 284 g/mol. The zero-order valence-electron chi connectivity index (χ0n) is 11.3. The minimum Gasteiger partial charge on any atom is -0.369 e. The van der Waals surface area contributed by atoms with Crippen molar-refractivity contribution in [3.63, 3.8) is 0 Å². The first kappa shape index (κ1) is 14.3. The van der Waals surface area contributed by atoms with E-state index in [1.54, 1.807) is 6.20 Å². The Morgan fingerprint density at radius 1 is 1.47 bits per heavy atom. The van der Waals surface area contributed by atoms with E-state index < -0.39 is 0 Å². The van der Waals surface area contributed by atoms with Gasteiger partial charge in [0.05, 0.1) is 6.20 Å². The second-order valence-corrected chi connectivity index (χ2v) is 5.79. The predicted octanol–water partition coefficient (Wildman–Crippen LogP) is 3.04. The molecular weight excluding hydrogens is 262 g/mol. The van der Waals surface area contributed by atoms with E-state index in [4.69, 9.17) is 17.4 Å². The van der Waals surface area contributed by atoms with Gasteiger partial charge >= 0.3 is 0 Å². The van der Waals surface area contributed by atoms with Crippen LogP contribution in [0.5, 0.6) is 0 Å². The van der Waals surface area contributed by atoms with E-state index in [1.807, 2.05) is 0 Å². The summed E-state index contributed by atoms with van der Waals surface area (Å²) in [4.78, 5) is 8.14. The van der Waals surface area contributed by atoms with Crippen molar-refractivity contribution in [2.24, 2.45) is 17.7 Å². The first-order valence-electron chi connectivity index (χ1n) is 6.92. The minimum atomic E-state index is 0.373. The molecule has 6 heteroatoms. The Morgan fingerprint density at radius 2 is 2.32 bits per heavy atom. The van der Waals surface area contributed by atoms with Gasteiger partial charge in [0.25, 0.3) is 0 Å². The lowest BCUT2D eigenvalue weighted by Crippen LogP contribution is -2.17. The Kier molecular flexibility index (Phi) is 5.22. The average Bonchev–Trinajstić information content (AvgIpc) is 2.41. The summed E-state index contributed by atoms with van der Waals surface area (Å²) in [6.45, 7) is 3.23. The fourth-order valence-electron chi connectivity index (χ4n) is 2.78. The summed E-state index contributed by atoms with van der Waals surface area (Å²) >= 11 is 6.04. The number of hydrogen-bond donors (Lipinski definition) is 3. The van der Waals surface area contributed by atoms with Crippen LogP contribution in [0.15, 0.2) is 6.20 Å². The molecule has 0 amide bonds. The summed E-state index contributed by atoms with van der Waals surface area (Å²) in [7, 11) is 0. The van der Waals surface area contributed by atoms with Crippen LogP contribution in [0.25, 0.3) is 0 Å². The van der Waals surface area contributed by atoms with Gasteiger partial charge in [0.1, 0.15) is 5.02 Å². The van der Waals surface area contributed by atoms with E-state index in [-0.39, 0.29) is 0 Å². The second-order valence-electron chi connectivity index (χ2n) is 5.39. The summed E-state index contributed by atoms with van der Waals surface area (Å²) in [6, 6.07) is 0. The number of hydrazine groups is 1. The van der Waals surface area contributed by atoms with Crippen molar-refractivity contribution in [2.45, 2.75) is 39.0 Å². The highest BCUT2D eigenvalue weighted by Gasteiger charge is 2.18. The minimum absolute atomic E-state index is 0.373. The van der Waals surface area contributed by atoms with Crippen LogP contribution in [0.2, 0.25) is 5.02 Å². The van der Waals surface area contributed by atoms with Gasteiger partial charge in [0.2, 0.25) is 5.95 Å². The standard InChI is InChI=1S/C13H22ClN5/c1-9-3-2-4-10(7-9)5-6-16-12-11(14)8-17-13(18-12)19-15/h8-10H,2-7,15H2,1H3,(H2,16,17,18,19). The van der Waals surface area contributed by atoms with Gasteiger partial charge in [0.15, 0.2) is 5.82 Å². The highest BCUT2D eigenvalue weighted by molar-refractivity contribution is 6.32. The Bertz CT molecular complexity index is 412. The fraction of sp³-hybridized carbons (Fsp3) is 0.692. The molecule has 0 aliphatic heterocycles. The molecule has 4 N–H and O–H groups in total. The van der Waals surface area contributed by atoms with E-state index >= 15 is 0 Å². The van der Waals surface area contributed by atoms with Gasteiger partial charge in [-0.2, -0.15) is 4.98 Å². The third-order valence-electron chi connectivity index (χ3n) is 3.76. The van der Waals surface area contributed by atoms with Crippen LogP contribution in [0.3, 0.4) is 0 Å². The zero-order valence-corrected chi connectivity index (χ0v) is 12.1. The number of hydrogen-bond acceptors (Lipinski definition) is 5. The van der Waals surface area contributed by atoms with Crippen molar-refractivity contribution in [3.8, 4) is 0 Å². The van der Waals surface area contributed by atoms with Crippen LogP contribution in [-0.2, 0) is 0 Å². The van der Waals surface area contributed by atoms with Gasteiger partial charge in [-0.15, -0.1) is 0 Å². The summed E-state index contributed by atoms with van der Waals surface area (Å²) < 4.78 is 0. The molecule has 2 rings (SSSR count). The molecule has 2 atom stereocenters. The molecule has 0 saturated heterocycles. The number of nitrogens with one attached hydrogen (secondary N) is 2. The Balaban J connectivity index is 1.81. The van der Waals surface area contributed by atoms with Crippen LogP contribution >= 0.6 is 11.6 Å². The molecule has 0 spiro atoms. The van der Waals surface area contributed by atoms with E-state index in [2.05, 4.69) is 27.6 Å². The maximum absolute atomic E-state index is 6.04. The van der Waals surface area contributed by atoms with Crippen molar-refractivity contribution >= 4 is 23.4 Å². The van der Waals surface area contributed by atoms with Crippen LogP contribution in [0.1, 0.15) is 39.0 Å². The summed E-state index contributed by atoms with van der Waals surface area (Å²) in [5, 5.41) is 3.80. The van der Waals surface area contributed by atoms with Gasteiger partial charge in [-0.1, -0.05) is 37.8 Å². The first-order valence-corrected chi connectivity index (χ1v) is 7.30. The second kappa shape index (κ2) is 6.91. The van der Waals surface area contributed by atoms with E-state index in [0.717, 1.165) is 24.8 Å². The number of nitrogens with two attached hydrogens (primary N) is 1. The topological polar surface area (TPSA) is 75.9 Å². The lowest BCUT2D eigenvalue weighted by atomic mass is 9.81. The SMILES string of the molecule is CC1CCCC(CCNc2nc(NN)ncc2Cl)C1. The maximum atomic E-state index is 6.04. The third-order valence-corrected chi connectivity index (χ3v) is 4.04. The van der Waals surface area contributed by atoms with E-state index in [9.17, 15) is 0 Å². The fourth-order valence-corrected chi connectivity index (χ4v) is 2.94. The molecule has 0 aromatic carbocycles. The van der Waals surface area contributed by atoms with Gasteiger partial charge in [0, 0.05) is 6.54 Å². The number of nitrogen functional groups attached to an aromatic ring is 1. The predicted molar refractivity (Wildman–Crippen MR) is 79.1 cm³/mol. The van der Waals surface area contributed by atoms with E-state index in [0.29, 0.717) is 16.8 Å². The Labute approximate surface area is 119 Å². The maximum Gasteiger partial charge on any atom is 0.239 e. The van der Waals surface area contributed by atoms with Gasteiger partial charge < -0.3 is 5.32 Å². The Morgan fingerprint density at radius 3 is 3.05 bits per heavy atom. The molecule has 1 aliphatic carbocycles. The lowest BCUT2D eigenvalue weighted by Gasteiger charge is -2.26. The first-order chi connectivity index (χ1) is 9.19. The molecule has 106 valence electrons. The number of halogens is 1. The molecule has 5 nitrogen and oxygen atoms in total. The number of anilines is 2. The van der Waals surface area contributed by atoms with Crippen molar-refractivity contribution in [2.75, 3.05) is 17.3 Å². The quantitative estimate of drug-likeness (QED) is 0.572. The molecule has 2 unspecified atom stereocenters. The molecule has 1 saturated carbocycles. The van der Waals surface area contributed by atoms with Crippen molar-refractivity contribution in [1.82, 2.24) is 9.97 Å². The molecule has 1 fully saturated rings. The lowest BCUT2D eigenvalue weighted by molar-refractivity contribution is 0.274. The van der Waals surface area contributed by atoms with Gasteiger partial charge in [-0.25, -0.2) is 10.8 Å². The van der Waals surface area contributed by atoms with Gasteiger partial charge in [-0.05, 0) is 24.7 Å². The van der Waals surface area contributed by atoms with Crippen LogP contribution in [-0.4, -0.2) is 16.5 Å². The van der Waals surface area contributed by atoms with Crippen molar-refractivity contribution < 1.29 is 0 Å². The van der Waals surface area contributed by atoms with Crippen molar-refractivity contribution in [3.05, 3.63) is 11.2 Å². The number of nitrogens with zero attached hydrogens (tertiary/aromatic N) is 2. The molecular formula is C13H22ClN5. The summed E-state index contributed by atoms with van der Waals surface area (Å²) in [5.74, 6) is 8.00. The molecule has 19 heavy (non-hydrogen) atoms. The Hall–Kier alpha value is -1.07. The van der Waals surface area contributed by atoms with E-state index in [1.165, 1.54) is 25.7 Å². The molecule has 0 bridgehead atoms. The smallest absolute Gasteiger partial charge is 0.239 e. The number of aromatic nitrogens is 2. The molecule has 1 heterocycles. The molecule has 1 aromatic heterocycles. The molecule has 1 aromatic rings.